The molecule has 0 atom stereocenters. The molecule has 0 saturated heterocycles. The first-order chi connectivity index (χ1) is 5.27. The molecule has 1 aromatic heterocycles. The highest BCUT2D eigenvalue weighted by molar-refractivity contribution is 9.08. The van der Waals surface area contributed by atoms with E-state index in [1.165, 1.54) is 24.6 Å². The highest BCUT2D eigenvalue weighted by atomic mass is 79.9. The van der Waals surface area contributed by atoms with E-state index in [1.54, 1.807) is 0 Å². The first-order valence-electron chi connectivity index (χ1n) is 2.87. The van der Waals surface area contributed by atoms with Crippen molar-refractivity contribution < 1.29 is 9.53 Å². The van der Waals surface area contributed by atoms with E-state index in [1.807, 2.05) is 0 Å². The number of ether oxygens (including phenoxy) is 1. The number of rotatable bonds is 2. The van der Waals surface area contributed by atoms with Gasteiger partial charge in [0.25, 0.3) is 0 Å². The molecule has 11 heavy (non-hydrogen) atoms. The average molecular weight is 236 g/mol. The number of thiazole rings is 1. The van der Waals surface area contributed by atoms with E-state index in [0.717, 1.165) is 5.01 Å². The molecular formula is C6H6BrNO2S. The van der Waals surface area contributed by atoms with Crippen molar-refractivity contribution in [2.75, 3.05) is 7.11 Å². The fraction of sp³-hybridized carbons (Fsp3) is 0.333. The van der Waals surface area contributed by atoms with Crippen molar-refractivity contribution in [2.24, 2.45) is 0 Å². The first-order valence-corrected chi connectivity index (χ1v) is 4.80. The SMILES string of the molecule is COC(=O)c1cnc(CBr)s1. The lowest BCUT2D eigenvalue weighted by Crippen LogP contribution is -1.96. The van der Waals surface area contributed by atoms with Gasteiger partial charge in [-0.1, -0.05) is 15.9 Å². The minimum Gasteiger partial charge on any atom is -0.465 e. The number of carbonyl (C=O) groups is 1. The van der Waals surface area contributed by atoms with Gasteiger partial charge in [0.05, 0.1) is 18.6 Å². The number of alkyl halides is 1. The molecule has 0 aliphatic carbocycles. The van der Waals surface area contributed by atoms with E-state index in [-0.39, 0.29) is 5.97 Å². The van der Waals surface area contributed by atoms with Gasteiger partial charge < -0.3 is 4.74 Å². The summed E-state index contributed by atoms with van der Waals surface area (Å²) in [6.07, 6.45) is 1.52. The molecule has 1 heterocycles. The number of aromatic nitrogens is 1. The van der Waals surface area contributed by atoms with Gasteiger partial charge in [-0.15, -0.1) is 11.3 Å². The molecule has 3 nitrogen and oxygen atoms in total. The number of carbonyl (C=O) groups excluding carboxylic acids is 1. The van der Waals surface area contributed by atoms with Gasteiger partial charge in [0.1, 0.15) is 9.88 Å². The summed E-state index contributed by atoms with van der Waals surface area (Å²) in [7, 11) is 1.36. The van der Waals surface area contributed by atoms with E-state index in [4.69, 9.17) is 0 Å². The van der Waals surface area contributed by atoms with Crippen molar-refractivity contribution in [1.29, 1.82) is 0 Å². The Labute approximate surface area is 76.5 Å². The van der Waals surface area contributed by atoms with Crippen LogP contribution in [0.5, 0.6) is 0 Å². The maximum Gasteiger partial charge on any atom is 0.349 e. The molecule has 1 aromatic rings. The summed E-state index contributed by atoms with van der Waals surface area (Å²) in [5, 5.41) is 1.56. The van der Waals surface area contributed by atoms with E-state index in [2.05, 4.69) is 25.7 Å². The van der Waals surface area contributed by atoms with Crippen molar-refractivity contribution >= 4 is 33.2 Å². The van der Waals surface area contributed by atoms with Crippen LogP contribution in [0.2, 0.25) is 0 Å². The van der Waals surface area contributed by atoms with Crippen LogP contribution in [-0.4, -0.2) is 18.1 Å². The molecule has 0 unspecified atom stereocenters. The van der Waals surface area contributed by atoms with Gasteiger partial charge in [-0.3, -0.25) is 0 Å². The Morgan fingerprint density at radius 2 is 2.64 bits per heavy atom. The zero-order valence-corrected chi connectivity index (χ0v) is 8.24. The van der Waals surface area contributed by atoms with Crippen molar-refractivity contribution in [2.45, 2.75) is 5.33 Å². The maximum atomic E-state index is 10.9. The van der Waals surface area contributed by atoms with Crippen LogP contribution in [0.15, 0.2) is 6.20 Å². The summed E-state index contributed by atoms with van der Waals surface area (Å²) in [4.78, 5) is 15.4. The zero-order chi connectivity index (χ0) is 8.27. The Balaban J connectivity index is 2.80. The highest BCUT2D eigenvalue weighted by Crippen LogP contribution is 2.15. The Bertz CT molecular complexity index is 261. The summed E-state index contributed by atoms with van der Waals surface area (Å²) in [5.74, 6) is -0.324. The minimum atomic E-state index is -0.324. The lowest BCUT2D eigenvalue weighted by molar-refractivity contribution is 0.0606. The topological polar surface area (TPSA) is 39.2 Å². The van der Waals surface area contributed by atoms with Gasteiger partial charge >= 0.3 is 5.97 Å². The number of methoxy groups -OCH3 is 1. The third kappa shape index (κ3) is 2.00. The fourth-order valence-corrected chi connectivity index (χ4v) is 1.74. The van der Waals surface area contributed by atoms with Crippen molar-refractivity contribution in [3.8, 4) is 0 Å². The Kier molecular flexibility index (Phi) is 3.02. The van der Waals surface area contributed by atoms with Crippen LogP contribution < -0.4 is 0 Å². The van der Waals surface area contributed by atoms with Crippen LogP contribution in [0.4, 0.5) is 0 Å². The summed E-state index contributed by atoms with van der Waals surface area (Å²) in [6, 6.07) is 0. The Morgan fingerprint density at radius 3 is 3.09 bits per heavy atom. The number of nitrogens with zero attached hydrogens (tertiary/aromatic N) is 1. The van der Waals surface area contributed by atoms with E-state index >= 15 is 0 Å². The molecule has 0 saturated carbocycles. The third-order valence-electron chi connectivity index (χ3n) is 1.05. The third-order valence-corrected chi connectivity index (χ3v) is 2.93. The van der Waals surface area contributed by atoms with Crippen molar-refractivity contribution in [3.05, 3.63) is 16.1 Å². The van der Waals surface area contributed by atoms with Crippen LogP contribution in [0.3, 0.4) is 0 Å². The van der Waals surface area contributed by atoms with Crippen LogP contribution in [0.25, 0.3) is 0 Å². The van der Waals surface area contributed by atoms with Gasteiger partial charge in [0.15, 0.2) is 0 Å². The monoisotopic (exact) mass is 235 g/mol. The molecule has 0 aromatic carbocycles. The van der Waals surface area contributed by atoms with Gasteiger partial charge in [-0.05, 0) is 0 Å². The Morgan fingerprint density at radius 1 is 1.91 bits per heavy atom. The van der Waals surface area contributed by atoms with Crippen molar-refractivity contribution in [1.82, 2.24) is 4.98 Å². The highest BCUT2D eigenvalue weighted by Gasteiger charge is 2.08. The molecule has 0 aliphatic heterocycles. The molecule has 0 amide bonds. The quantitative estimate of drug-likeness (QED) is 0.580. The number of hydrogen-bond donors (Lipinski definition) is 0. The zero-order valence-electron chi connectivity index (χ0n) is 5.83. The molecule has 0 fully saturated rings. The molecule has 0 radical (unpaired) electrons. The second kappa shape index (κ2) is 3.82. The smallest absolute Gasteiger partial charge is 0.349 e. The van der Waals surface area contributed by atoms with Gasteiger partial charge in [-0.25, -0.2) is 9.78 Å². The summed E-state index contributed by atoms with van der Waals surface area (Å²) in [5.41, 5.74) is 0. The van der Waals surface area contributed by atoms with Gasteiger partial charge in [-0.2, -0.15) is 0 Å². The Hall–Kier alpha value is -0.420. The maximum absolute atomic E-state index is 10.9. The van der Waals surface area contributed by atoms with Crippen molar-refractivity contribution in [3.63, 3.8) is 0 Å². The van der Waals surface area contributed by atoms with Crippen LogP contribution >= 0.6 is 27.3 Å². The molecular weight excluding hydrogens is 230 g/mol. The van der Waals surface area contributed by atoms with E-state index in [9.17, 15) is 4.79 Å². The number of hydrogen-bond acceptors (Lipinski definition) is 4. The summed E-state index contributed by atoms with van der Waals surface area (Å²) >= 11 is 4.57. The van der Waals surface area contributed by atoms with Crippen LogP contribution in [0.1, 0.15) is 14.7 Å². The lowest BCUT2D eigenvalue weighted by atomic mass is 10.6. The summed E-state index contributed by atoms with van der Waals surface area (Å²) < 4.78 is 4.51. The van der Waals surface area contributed by atoms with Crippen LogP contribution in [0, 0.1) is 0 Å². The van der Waals surface area contributed by atoms with E-state index in [0.29, 0.717) is 10.2 Å². The second-order valence-electron chi connectivity index (χ2n) is 1.74. The standard InChI is InChI=1S/C6H6BrNO2S/c1-10-6(9)4-3-8-5(2-7)11-4/h3H,2H2,1H3. The first kappa shape index (κ1) is 8.67. The number of esters is 1. The average Bonchev–Trinajstić information content (AvgIpc) is 2.50. The molecule has 0 bridgehead atoms. The fourth-order valence-electron chi connectivity index (χ4n) is 0.567. The van der Waals surface area contributed by atoms with E-state index < -0.39 is 0 Å². The molecule has 60 valence electrons. The molecule has 0 aliphatic rings. The largest absolute Gasteiger partial charge is 0.465 e. The minimum absolute atomic E-state index is 0.324. The van der Waals surface area contributed by atoms with Gasteiger partial charge in [0, 0.05) is 0 Å². The molecule has 0 N–H and O–H groups in total. The molecule has 1 rings (SSSR count). The predicted molar refractivity (Wildman–Crippen MR) is 46.1 cm³/mol. The number of halogens is 1. The lowest BCUT2D eigenvalue weighted by Gasteiger charge is -1.90. The molecule has 0 spiro atoms. The summed E-state index contributed by atoms with van der Waals surface area (Å²) in [6.45, 7) is 0. The molecule has 5 heteroatoms. The predicted octanol–water partition coefficient (Wildman–Crippen LogP) is 1.82. The van der Waals surface area contributed by atoms with Gasteiger partial charge in [0.2, 0.25) is 0 Å². The normalized spacial score (nSPS) is 9.64. The second-order valence-corrected chi connectivity index (χ2v) is 3.42. The van der Waals surface area contributed by atoms with Crippen LogP contribution in [-0.2, 0) is 10.1 Å².